The van der Waals surface area contributed by atoms with Crippen LogP contribution >= 0.6 is 0 Å². The number of nitrogens with zero attached hydrogens (tertiary/aromatic N) is 2. The van der Waals surface area contributed by atoms with Gasteiger partial charge in [0, 0.05) is 38.3 Å². The van der Waals surface area contributed by atoms with Gasteiger partial charge in [-0.1, -0.05) is 30.3 Å². The first-order valence-electron chi connectivity index (χ1n) is 8.45. The third kappa shape index (κ3) is 3.91. The van der Waals surface area contributed by atoms with Crippen molar-refractivity contribution >= 4 is 5.91 Å². The minimum atomic E-state index is -0.180. The van der Waals surface area contributed by atoms with Crippen molar-refractivity contribution in [3.05, 3.63) is 35.9 Å². The molecule has 1 aromatic carbocycles. The topological polar surface area (TPSA) is 44.8 Å². The average molecular weight is 317 g/mol. The molecule has 3 rings (SSSR count). The van der Waals surface area contributed by atoms with Gasteiger partial charge < -0.3 is 15.0 Å². The maximum atomic E-state index is 12.7. The third-order valence-corrected chi connectivity index (χ3v) is 4.82. The lowest BCUT2D eigenvalue weighted by molar-refractivity contribution is -0.141. The molecule has 0 bridgehead atoms. The Bertz CT molecular complexity index is 526. The van der Waals surface area contributed by atoms with Crippen LogP contribution in [0.1, 0.15) is 19.4 Å². The van der Waals surface area contributed by atoms with Crippen LogP contribution in [0.5, 0.6) is 0 Å². The minimum absolute atomic E-state index is 0.0285. The Labute approximate surface area is 138 Å². The zero-order valence-electron chi connectivity index (χ0n) is 14.1. The number of hydrogen-bond acceptors (Lipinski definition) is 4. The van der Waals surface area contributed by atoms with Crippen LogP contribution in [0, 0.1) is 0 Å². The monoisotopic (exact) mass is 317 g/mol. The van der Waals surface area contributed by atoms with Crippen molar-refractivity contribution in [3.8, 4) is 0 Å². The van der Waals surface area contributed by atoms with Crippen molar-refractivity contribution in [2.75, 3.05) is 39.4 Å². The van der Waals surface area contributed by atoms with Crippen molar-refractivity contribution in [1.29, 1.82) is 0 Å². The van der Waals surface area contributed by atoms with Gasteiger partial charge in [-0.3, -0.25) is 9.69 Å². The molecule has 2 heterocycles. The number of ether oxygens (including phenoxy) is 1. The lowest BCUT2D eigenvalue weighted by atomic mass is 9.97. The molecule has 0 saturated carbocycles. The fourth-order valence-corrected chi connectivity index (χ4v) is 3.42. The average Bonchev–Trinajstić information content (AvgIpc) is 2.57. The molecule has 2 fully saturated rings. The fraction of sp³-hybridized carbons (Fsp3) is 0.611. The van der Waals surface area contributed by atoms with E-state index in [-0.39, 0.29) is 17.5 Å². The Kier molecular flexibility index (Phi) is 4.99. The number of amides is 1. The van der Waals surface area contributed by atoms with E-state index in [0.717, 1.165) is 32.7 Å². The maximum Gasteiger partial charge on any atom is 0.242 e. The molecule has 2 saturated heterocycles. The van der Waals surface area contributed by atoms with Crippen molar-refractivity contribution in [2.45, 2.75) is 32.0 Å². The summed E-state index contributed by atoms with van der Waals surface area (Å²) in [6.07, 6.45) is 0. The zero-order valence-corrected chi connectivity index (χ0v) is 14.1. The van der Waals surface area contributed by atoms with E-state index in [1.807, 2.05) is 11.0 Å². The Hall–Kier alpha value is -1.43. The summed E-state index contributed by atoms with van der Waals surface area (Å²) in [6.45, 7) is 9.77. The van der Waals surface area contributed by atoms with Gasteiger partial charge in [-0.25, -0.2) is 0 Å². The number of carbonyl (C=O) groups is 1. The van der Waals surface area contributed by atoms with Crippen LogP contribution < -0.4 is 5.32 Å². The largest absolute Gasteiger partial charge is 0.378 e. The summed E-state index contributed by atoms with van der Waals surface area (Å²) in [5.41, 5.74) is 1.29. The number of morpholine rings is 1. The number of rotatable bonds is 3. The molecule has 126 valence electrons. The Morgan fingerprint density at radius 2 is 2.09 bits per heavy atom. The van der Waals surface area contributed by atoms with Gasteiger partial charge in [-0.2, -0.15) is 0 Å². The van der Waals surface area contributed by atoms with Gasteiger partial charge in [0.15, 0.2) is 0 Å². The Balaban J connectivity index is 1.61. The predicted octanol–water partition coefficient (Wildman–Crippen LogP) is 1.10. The normalized spacial score (nSPS) is 25.3. The Morgan fingerprint density at radius 1 is 1.30 bits per heavy atom. The number of hydrogen-bond donors (Lipinski definition) is 1. The van der Waals surface area contributed by atoms with Crippen LogP contribution in [0.3, 0.4) is 0 Å². The molecule has 5 heteroatoms. The molecule has 2 aliphatic heterocycles. The molecule has 0 spiro atoms. The van der Waals surface area contributed by atoms with Crippen molar-refractivity contribution in [1.82, 2.24) is 15.1 Å². The van der Waals surface area contributed by atoms with Crippen LogP contribution in [0.4, 0.5) is 0 Å². The highest BCUT2D eigenvalue weighted by Gasteiger charge is 2.37. The van der Waals surface area contributed by atoms with Crippen LogP contribution in [0.2, 0.25) is 0 Å². The van der Waals surface area contributed by atoms with E-state index in [1.54, 1.807) is 0 Å². The van der Waals surface area contributed by atoms with Crippen molar-refractivity contribution in [3.63, 3.8) is 0 Å². The highest BCUT2D eigenvalue weighted by molar-refractivity contribution is 5.82. The quantitative estimate of drug-likeness (QED) is 0.907. The predicted molar refractivity (Wildman–Crippen MR) is 90.1 cm³/mol. The Morgan fingerprint density at radius 3 is 2.74 bits per heavy atom. The first kappa shape index (κ1) is 16.4. The van der Waals surface area contributed by atoms with Gasteiger partial charge in [0.1, 0.15) is 6.04 Å². The van der Waals surface area contributed by atoms with Crippen LogP contribution in [0.15, 0.2) is 30.3 Å². The van der Waals surface area contributed by atoms with Gasteiger partial charge in [0.05, 0.1) is 13.2 Å². The van der Waals surface area contributed by atoms with Crippen molar-refractivity contribution < 1.29 is 9.53 Å². The van der Waals surface area contributed by atoms with E-state index in [0.29, 0.717) is 13.2 Å². The summed E-state index contributed by atoms with van der Waals surface area (Å²) < 4.78 is 5.43. The number of benzene rings is 1. The zero-order chi connectivity index (χ0) is 16.3. The standard InChI is InChI=1S/C18H27N3O2/c1-18(2)14-20(17(22)16-13-23-11-8-19-16)9-10-21(18)12-15-6-4-3-5-7-15/h3-7,16,19H,8-14H2,1-2H3/t16-/m0/s1. The second kappa shape index (κ2) is 6.99. The molecular weight excluding hydrogens is 290 g/mol. The highest BCUT2D eigenvalue weighted by Crippen LogP contribution is 2.24. The molecule has 0 aromatic heterocycles. The molecule has 2 aliphatic rings. The van der Waals surface area contributed by atoms with E-state index in [9.17, 15) is 4.79 Å². The number of carbonyl (C=O) groups excluding carboxylic acids is 1. The molecule has 0 radical (unpaired) electrons. The first-order chi connectivity index (χ1) is 11.1. The van der Waals surface area contributed by atoms with E-state index in [1.165, 1.54) is 5.56 Å². The second-order valence-corrected chi connectivity index (χ2v) is 7.06. The molecule has 0 aliphatic carbocycles. The maximum absolute atomic E-state index is 12.7. The van der Waals surface area contributed by atoms with Crippen LogP contribution in [-0.4, -0.2) is 66.7 Å². The number of nitrogens with one attached hydrogen (secondary N) is 1. The summed E-state index contributed by atoms with van der Waals surface area (Å²) in [6, 6.07) is 10.4. The summed E-state index contributed by atoms with van der Waals surface area (Å²) in [7, 11) is 0. The fourth-order valence-electron chi connectivity index (χ4n) is 3.42. The summed E-state index contributed by atoms with van der Waals surface area (Å²) in [5.74, 6) is 0.178. The van der Waals surface area contributed by atoms with Crippen molar-refractivity contribution in [2.24, 2.45) is 0 Å². The molecular formula is C18H27N3O2. The third-order valence-electron chi connectivity index (χ3n) is 4.82. The van der Waals surface area contributed by atoms with E-state index in [4.69, 9.17) is 4.74 Å². The smallest absolute Gasteiger partial charge is 0.242 e. The van der Waals surface area contributed by atoms with Crippen LogP contribution in [-0.2, 0) is 16.1 Å². The summed E-state index contributed by atoms with van der Waals surface area (Å²) >= 11 is 0. The summed E-state index contributed by atoms with van der Waals surface area (Å²) in [5, 5.41) is 3.26. The lowest BCUT2D eigenvalue weighted by Gasteiger charge is -2.48. The molecule has 1 atom stereocenters. The lowest BCUT2D eigenvalue weighted by Crippen LogP contribution is -2.63. The summed E-state index contributed by atoms with van der Waals surface area (Å²) in [4.78, 5) is 17.1. The SMILES string of the molecule is CC1(C)CN(C(=O)[C@@H]2COCCN2)CCN1Cc1ccccc1. The molecule has 5 nitrogen and oxygen atoms in total. The van der Waals surface area contributed by atoms with Gasteiger partial charge in [-0.15, -0.1) is 0 Å². The van der Waals surface area contributed by atoms with Gasteiger partial charge >= 0.3 is 0 Å². The first-order valence-corrected chi connectivity index (χ1v) is 8.45. The van der Waals surface area contributed by atoms with E-state index >= 15 is 0 Å². The van der Waals surface area contributed by atoms with Gasteiger partial charge in [0.2, 0.25) is 5.91 Å². The molecule has 1 aromatic rings. The van der Waals surface area contributed by atoms with Crippen LogP contribution in [0.25, 0.3) is 0 Å². The molecule has 1 N–H and O–H groups in total. The van der Waals surface area contributed by atoms with Gasteiger partial charge in [-0.05, 0) is 19.4 Å². The van der Waals surface area contributed by atoms with E-state index < -0.39 is 0 Å². The second-order valence-electron chi connectivity index (χ2n) is 7.06. The molecule has 23 heavy (non-hydrogen) atoms. The minimum Gasteiger partial charge on any atom is -0.378 e. The number of piperazine rings is 1. The van der Waals surface area contributed by atoms with E-state index in [2.05, 4.69) is 48.3 Å². The highest BCUT2D eigenvalue weighted by atomic mass is 16.5. The van der Waals surface area contributed by atoms with Gasteiger partial charge in [0.25, 0.3) is 0 Å². The molecule has 0 unspecified atom stereocenters. The molecule has 1 amide bonds.